The molecular formula is C12H17NO3. The molecule has 1 aromatic carbocycles. The van der Waals surface area contributed by atoms with E-state index in [1.165, 1.54) is 0 Å². The number of aliphatic hydroxyl groups is 1. The van der Waals surface area contributed by atoms with Crippen molar-refractivity contribution in [1.82, 2.24) is 5.32 Å². The third-order valence-corrected chi connectivity index (χ3v) is 1.99. The van der Waals surface area contributed by atoms with Crippen LogP contribution in [0.1, 0.15) is 12.5 Å². The van der Waals surface area contributed by atoms with Gasteiger partial charge in [0.15, 0.2) is 6.61 Å². The molecule has 0 aliphatic carbocycles. The first-order chi connectivity index (χ1) is 7.58. The van der Waals surface area contributed by atoms with E-state index in [9.17, 15) is 4.79 Å². The molecule has 2 N–H and O–H groups in total. The number of ether oxygens (including phenoxy) is 1. The zero-order valence-electron chi connectivity index (χ0n) is 9.56. The van der Waals surface area contributed by atoms with Crippen LogP contribution in [-0.4, -0.2) is 30.3 Å². The van der Waals surface area contributed by atoms with E-state index >= 15 is 0 Å². The molecule has 1 rings (SSSR count). The third kappa shape index (κ3) is 4.79. The van der Waals surface area contributed by atoms with Crippen molar-refractivity contribution >= 4 is 5.91 Å². The Kier molecular flexibility index (Phi) is 4.79. The molecule has 0 aliphatic rings. The van der Waals surface area contributed by atoms with Gasteiger partial charge in [0, 0.05) is 6.54 Å². The molecule has 4 nitrogen and oxygen atoms in total. The molecule has 0 heterocycles. The van der Waals surface area contributed by atoms with Crippen LogP contribution in [0.4, 0.5) is 0 Å². The molecule has 88 valence electrons. The summed E-state index contributed by atoms with van der Waals surface area (Å²) in [4.78, 5) is 11.2. The zero-order valence-corrected chi connectivity index (χ0v) is 9.56. The average Bonchev–Trinajstić information content (AvgIpc) is 2.25. The summed E-state index contributed by atoms with van der Waals surface area (Å²) in [5, 5.41) is 11.5. The lowest BCUT2D eigenvalue weighted by Crippen LogP contribution is -2.34. The second-order valence-electron chi connectivity index (χ2n) is 3.75. The second-order valence-corrected chi connectivity index (χ2v) is 3.75. The Balaban J connectivity index is 2.29. The first kappa shape index (κ1) is 12.5. The van der Waals surface area contributed by atoms with Crippen LogP contribution in [0, 0.1) is 6.92 Å². The van der Waals surface area contributed by atoms with Gasteiger partial charge < -0.3 is 15.2 Å². The molecule has 1 amide bonds. The molecular weight excluding hydrogens is 206 g/mol. The van der Waals surface area contributed by atoms with Crippen LogP contribution in [0.3, 0.4) is 0 Å². The third-order valence-electron chi connectivity index (χ3n) is 1.99. The summed E-state index contributed by atoms with van der Waals surface area (Å²) >= 11 is 0. The van der Waals surface area contributed by atoms with Gasteiger partial charge in [-0.15, -0.1) is 0 Å². The SMILES string of the molecule is Cc1ccc(OCC(=O)NCC(C)O)cc1. The highest BCUT2D eigenvalue weighted by Crippen LogP contribution is 2.10. The second kappa shape index (κ2) is 6.12. The van der Waals surface area contributed by atoms with Crippen molar-refractivity contribution in [3.05, 3.63) is 29.8 Å². The zero-order chi connectivity index (χ0) is 12.0. The molecule has 0 aliphatic heterocycles. The number of rotatable bonds is 5. The Hall–Kier alpha value is -1.55. The van der Waals surface area contributed by atoms with Gasteiger partial charge in [0.25, 0.3) is 5.91 Å². The van der Waals surface area contributed by atoms with Crippen molar-refractivity contribution in [3.63, 3.8) is 0 Å². The molecule has 0 bridgehead atoms. The Labute approximate surface area is 95.2 Å². The van der Waals surface area contributed by atoms with Gasteiger partial charge in [0.05, 0.1) is 6.10 Å². The summed E-state index contributed by atoms with van der Waals surface area (Å²) in [6.45, 7) is 3.81. The van der Waals surface area contributed by atoms with Crippen molar-refractivity contribution in [1.29, 1.82) is 0 Å². The number of aryl methyl sites for hydroxylation is 1. The van der Waals surface area contributed by atoms with E-state index in [0.717, 1.165) is 5.56 Å². The van der Waals surface area contributed by atoms with E-state index in [4.69, 9.17) is 9.84 Å². The minimum Gasteiger partial charge on any atom is -0.484 e. The Morgan fingerprint density at radius 1 is 1.44 bits per heavy atom. The molecule has 0 spiro atoms. The molecule has 1 aromatic rings. The molecule has 4 heteroatoms. The summed E-state index contributed by atoms with van der Waals surface area (Å²) in [5.74, 6) is 0.430. The monoisotopic (exact) mass is 223 g/mol. The van der Waals surface area contributed by atoms with Gasteiger partial charge in [-0.1, -0.05) is 17.7 Å². The van der Waals surface area contributed by atoms with E-state index in [1.54, 1.807) is 6.92 Å². The summed E-state index contributed by atoms with van der Waals surface area (Å²) in [7, 11) is 0. The molecule has 0 saturated heterocycles. The fourth-order valence-electron chi connectivity index (χ4n) is 1.10. The van der Waals surface area contributed by atoms with Gasteiger partial charge in [-0.05, 0) is 26.0 Å². The topological polar surface area (TPSA) is 58.6 Å². The molecule has 0 fully saturated rings. The van der Waals surface area contributed by atoms with Crippen LogP contribution in [0.5, 0.6) is 5.75 Å². The van der Waals surface area contributed by atoms with Crippen LogP contribution < -0.4 is 10.1 Å². The highest BCUT2D eigenvalue weighted by molar-refractivity contribution is 5.77. The maximum Gasteiger partial charge on any atom is 0.258 e. The Bertz CT molecular complexity index is 333. The van der Waals surface area contributed by atoms with Crippen molar-refractivity contribution in [3.8, 4) is 5.75 Å². The van der Waals surface area contributed by atoms with Crippen molar-refractivity contribution in [2.45, 2.75) is 20.0 Å². The summed E-state index contributed by atoms with van der Waals surface area (Å²) in [5.41, 5.74) is 1.14. The van der Waals surface area contributed by atoms with E-state index in [1.807, 2.05) is 31.2 Å². The van der Waals surface area contributed by atoms with Crippen molar-refractivity contribution < 1.29 is 14.6 Å². The summed E-state index contributed by atoms with van der Waals surface area (Å²) in [6, 6.07) is 7.47. The van der Waals surface area contributed by atoms with Gasteiger partial charge in [0.2, 0.25) is 0 Å². The van der Waals surface area contributed by atoms with Gasteiger partial charge in [-0.25, -0.2) is 0 Å². The number of carbonyl (C=O) groups excluding carboxylic acids is 1. The highest BCUT2D eigenvalue weighted by atomic mass is 16.5. The maximum absolute atomic E-state index is 11.2. The quantitative estimate of drug-likeness (QED) is 0.778. The van der Waals surface area contributed by atoms with Crippen LogP contribution in [0.15, 0.2) is 24.3 Å². The number of hydrogen-bond donors (Lipinski definition) is 2. The molecule has 0 radical (unpaired) electrons. The van der Waals surface area contributed by atoms with Gasteiger partial charge in [-0.2, -0.15) is 0 Å². The summed E-state index contributed by atoms with van der Waals surface area (Å²) in [6.07, 6.45) is -0.539. The van der Waals surface area contributed by atoms with E-state index < -0.39 is 6.10 Å². The van der Waals surface area contributed by atoms with Gasteiger partial charge in [-0.3, -0.25) is 4.79 Å². The van der Waals surface area contributed by atoms with Crippen molar-refractivity contribution in [2.75, 3.05) is 13.2 Å². The fraction of sp³-hybridized carbons (Fsp3) is 0.417. The molecule has 0 aromatic heterocycles. The van der Waals surface area contributed by atoms with Gasteiger partial charge >= 0.3 is 0 Å². The minimum atomic E-state index is -0.539. The maximum atomic E-state index is 11.2. The average molecular weight is 223 g/mol. The van der Waals surface area contributed by atoms with Crippen LogP contribution >= 0.6 is 0 Å². The van der Waals surface area contributed by atoms with E-state index in [-0.39, 0.29) is 19.1 Å². The van der Waals surface area contributed by atoms with Crippen molar-refractivity contribution in [2.24, 2.45) is 0 Å². The van der Waals surface area contributed by atoms with Gasteiger partial charge in [0.1, 0.15) is 5.75 Å². The highest BCUT2D eigenvalue weighted by Gasteiger charge is 2.03. The number of carbonyl (C=O) groups is 1. The lowest BCUT2D eigenvalue weighted by atomic mass is 10.2. The van der Waals surface area contributed by atoms with Crippen LogP contribution in [-0.2, 0) is 4.79 Å². The molecule has 1 atom stereocenters. The minimum absolute atomic E-state index is 0.0320. The molecule has 0 saturated carbocycles. The first-order valence-corrected chi connectivity index (χ1v) is 5.22. The van der Waals surface area contributed by atoms with Crippen LogP contribution in [0.25, 0.3) is 0 Å². The number of nitrogens with one attached hydrogen (secondary N) is 1. The Morgan fingerprint density at radius 2 is 2.06 bits per heavy atom. The lowest BCUT2D eigenvalue weighted by molar-refractivity contribution is -0.123. The smallest absolute Gasteiger partial charge is 0.258 e. The fourth-order valence-corrected chi connectivity index (χ4v) is 1.10. The number of benzene rings is 1. The van der Waals surface area contributed by atoms with E-state index in [2.05, 4.69) is 5.32 Å². The van der Waals surface area contributed by atoms with Crippen LogP contribution in [0.2, 0.25) is 0 Å². The normalized spacial score (nSPS) is 11.9. The lowest BCUT2D eigenvalue weighted by Gasteiger charge is -2.08. The molecule has 16 heavy (non-hydrogen) atoms. The predicted molar refractivity (Wildman–Crippen MR) is 61.4 cm³/mol. The standard InChI is InChI=1S/C12H17NO3/c1-9-3-5-11(6-4-9)16-8-12(15)13-7-10(2)14/h3-6,10,14H,7-8H2,1-2H3,(H,13,15). The number of amides is 1. The van der Waals surface area contributed by atoms with E-state index in [0.29, 0.717) is 5.75 Å². The Morgan fingerprint density at radius 3 is 2.62 bits per heavy atom. The first-order valence-electron chi connectivity index (χ1n) is 5.22. The number of aliphatic hydroxyl groups excluding tert-OH is 1. The number of hydrogen-bond acceptors (Lipinski definition) is 3. The summed E-state index contributed by atoms with van der Waals surface area (Å²) < 4.78 is 5.26. The predicted octanol–water partition coefficient (Wildman–Crippen LogP) is 0.871. The largest absolute Gasteiger partial charge is 0.484 e. The molecule has 1 unspecified atom stereocenters.